The summed E-state index contributed by atoms with van der Waals surface area (Å²) in [4.78, 5) is 21.9. The number of carbonyl (C=O) groups excluding carboxylic acids is 1. The number of aromatic amines is 1. The Kier molecular flexibility index (Phi) is 7.50. The van der Waals surface area contributed by atoms with Crippen molar-refractivity contribution in [1.82, 2.24) is 40.4 Å². The zero-order valence-electron chi connectivity index (χ0n) is 20.7. The number of carbonyl (C=O) groups is 1. The highest BCUT2D eigenvalue weighted by molar-refractivity contribution is 5.94. The van der Waals surface area contributed by atoms with E-state index in [0.29, 0.717) is 18.7 Å². The van der Waals surface area contributed by atoms with Crippen molar-refractivity contribution in [3.8, 4) is 22.5 Å². The predicted octanol–water partition coefficient (Wildman–Crippen LogP) is 4.73. The van der Waals surface area contributed by atoms with Gasteiger partial charge in [0.15, 0.2) is 0 Å². The van der Waals surface area contributed by atoms with Gasteiger partial charge in [-0.05, 0) is 34.4 Å². The summed E-state index contributed by atoms with van der Waals surface area (Å²) in [6, 6.07) is 19.8. The van der Waals surface area contributed by atoms with Crippen LogP contribution in [0.1, 0.15) is 53.8 Å². The molecule has 0 saturated heterocycles. The maximum absolute atomic E-state index is 12.9. The van der Waals surface area contributed by atoms with Crippen LogP contribution in [0.3, 0.4) is 0 Å². The van der Waals surface area contributed by atoms with Crippen molar-refractivity contribution in [2.45, 2.75) is 45.6 Å². The van der Waals surface area contributed by atoms with Crippen LogP contribution < -0.4 is 0 Å². The Balaban J connectivity index is 1.37. The first-order valence-electron chi connectivity index (χ1n) is 12.5. The number of Topliss-reactive ketones (excluding diaryl/α,β-unsaturated/α-hetero) is 1. The minimum atomic E-state index is -0.0670. The largest absolute Gasteiger partial charge is 0.290 e. The molecule has 0 radical (unpaired) electrons. The van der Waals surface area contributed by atoms with Gasteiger partial charge in [0.2, 0.25) is 17.4 Å². The molecule has 3 heterocycles. The molecule has 37 heavy (non-hydrogen) atoms. The zero-order valence-corrected chi connectivity index (χ0v) is 20.7. The summed E-state index contributed by atoms with van der Waals surface area (Å²) in [6.07, 6.45) is 7.62. The van der Waals surface area contributed by atoms with Crippen molar-refractivity contribution in [2.24, 2.45) is 0 Å². The SMILES string of the molecule is CCCCCn1nc(C(=O)Cc2ccccc2)nc1Cc1ccc(-c2cnccc2-c2nn[nH]n2)cc1. The summed E-state index contributed by atoms with van der Waals surface area (Å²) >= 11 is 0. The average molecular weight is 493 g/mol. The van der Waals surface area contributed by atoms with Gasteiger partial charge in [0, 0.05) is 42.9 Å². The van der Waals surface area contributed by atoms with Gasteiger partial charge in [0.25, 0.3) is 0 Å². The topological polar surface area (TPSA) is 115 Å². The molecule has 5 aromatic rings. The summed E-state index contributed by atoms with van der Waals surface area (Å²) in [7, 11) is 0. The molecule has 0 aliphatic carbocycles. The third-order valence-electron chi connectivity index (χ3n) is 6.21. The van der Waals surface area contributed by atoms with E-state index in [1.165, 1.54) is 0 Å². The molecule has 3 aromatic heterocycles. The van der Waals surface area contributed by atoms with Gasteiger partial charge >= 0.3 is 0 Å². The number of unbranched alkanes of at least 4 members (excludes halogenated alkanes) is 2. The predicted molar refractivity (Wildman–Crippen MR) is 140 cm³/mol. The molecule has 0 saturated carbocycles. The minimum absolute atomic E-state index is 0.0670. The Bertz CT molecular complexity index is 1440. The molecule has 0 bridgehead atoms. The number of tetrazole rings is 1. The van der Waals surface area contributed by atoms with Crippen molar-refractivity contribution in [2.75, 3.05) is 0 Å². The zero-order chi connectivity index (χ0) is 25.5. The molecule has 9 heteroatoms. The number of ketones is 1. The number of hydrogen-bond acceptors (Lipinski definition) is 7. The summed E-state index contributed by atoms with van der Waals surface area (Å²) in [5.41, 5.74) is 4.82. The highest BCUT2D eigenvalue weighted by atomic mass is 16.1. The highest BCUT2D eigenvalue weighted by Gasteiger charge is 2.18. The lowest BCUT2D eigenvalue weighted by atomic mass is 9.99. The first kappa shape index (κ1) is 24.2. The van der Waals surface area contributed by atoms with E-state index in [1.54, 1.807) is 12.4 Å². The first-order valence-corrected chi connectivity index (χ1v) is 12.5. The normalized spacial score (nSPS) is 11.1. The van der Waals surface area contributed by atoms with Crippen LogP contribution in [0.25, 0.3) is 22.5 Å². The molecule has 5 rings (SSSR count). The van der Waals surface area contributed by atoms with E-state index in [0.717, 1.165) is 59.4 Å². The molecule has 0 amide bonds. The van der Waals surface area contributed by atoms with E-state index in [2.05, 4.69) is 66.9 Å². The van der Waals surface area contributed by atoms with Crippen LogP contribution in [-0.4, -0.2) is 46.2 Å². The monoisotopic (exact) mass is 492 g/mol. The van der Waals surface area contributed by atoms with Crippen molar-refractivity contribution in [3.63, 3.8) is 0 Å². The van der Waals surface area contributed by atoms with E-state index in [1.807, 2.05) is 41.1 Å². The van der Waals surface area contributed by atoms with Crippen LogP contribution in [0, 0.1) is 0 Å². The molecule has 0 fully saturated rings. The van der Waals surface area contributed by atoms with Gasteiger partial charge in [-0.3, -0.25) is 9.78 Å². The molecule has 186 valence electrons. The fourth-order valence-corrected chi connectivity index (χ4v) is 4.25. The van der Waals surface area contributed by atoms with Crippen LogP contribution in [0.5, 0.6) is 0 Å². The van der Waals surface area contributed by atoms with Crippen LogP contribution in [-0.2, 0) is 19.4 Å². The van der Waals surface area contributed by atoms with E-state index in [9.17, 15) is 4.79 Å². The van der Waals surface area contributed by atoms with Crippen molar-refractivity contribution < 1.29 is 4.79 Å². The highest BCUT2D eigenvalue weighted by Crippen LogP contribution is 2.29. The van der Waals surface area contributed by atoms with Gasteiger partial charge in [0.1, 0.15) is 5.82 Å². The lowest BCUT2D eigenvalue weighted by Crippen LogP contribution is -2.08. The average Bonchev–Trinajstić information content (AvgIpc) is 3.61. The number of hydrogen-bond donors (Lipinski definition) is 1. The summed E-state index contributed by atoms with van der Waals surface area (Å²) in [6.45, 7) is 2.92. The van der Waals surface area contributed by atoms with Gasteiger partial charge in [-0.15, -0.1) is 15.3 Å². The summed E-state index contributed by atoms with van der Waals surface area (Å²) in [5, 5.41) is 19.0. The molecule has 0 spiro atoms. The molecular weight excluding hydrogens is 464 g/mol. The Morgan fingerprint density at radius 1 is 0.946 bits per heavy atom. The Hall–Kier alpha value is -4.53. The number of aryl methyl sites for hydroxylation is 1. The van der Waals surface area contributed by atoms with Crippen molar-refractivity contribution >= 4 is 5.78 Å². The second kappa shape index (κ2) is 11.5. The third-order valence-corrected chi connectivity index (χ3v) is 6.21. The van der Waals surface area contributed by atoms with Gasteiger partial charge in [-0.2, -0.15) is 5.21 Å². The quantitative estimate of drug-likeness (QED) is 0.209. The lowest BCUT2D eigenvalue weighted by molar-refractivity contribution is 0.0982. The Labute approximate surface area is 215 Å². The molecule has 0 aliphatic rings. The van der Waals surface area contributed by atoms with Crippen LogP contribution in [0.2, 0.25) is 0 Å². The standard InChI is InChI=1S/C28H28N8O/c1-2-3-7-16-36-26(30-28(33-36)25(37)17-20-8-5-4-6-9-20)18-21-10-12-22(13-11-21)24-19-29-15-14-23(24)27-31-34-35-32-27/h4-6,8-15,19H,2-3,7,16-18H2,1H3,(H,31,32,34,35). The number of pyridine rings is 1. The summed E-state index contributed by atoms with van der Waals surface area (Å²) < 4.78 is 1.90. The smallest absolute Gasteiger partial charge is 0.217 e. The van der Waals surface area contributed by atoms with Crippen LogP contribution in [0.15, 0.2) is 73.1 Å². The molecular formula is C28H28N8O. The second-order valence-electron chi connectivity index (χ2n) is 8.90. The Morgan fingerprint density at radius 2 is 1.78 bits per heavy atom. The minimum Gasteiger partial charge on any atom is -0.290 e. The Morgan fingerprint density at radius 3 is 2.54 bits per heavy atom. The molecule has 0 aliphatic heterocycles. The maximum Gasteiger partial charge on any atom is 0.217 e. The van der Waals surface area contributed by atoms with E-state index in [4.69, 9.17) is 0 Å². The van der Waals surface area contributed by atoms with Gasteiger partial charge in [-0.25, -0.2) is 9.67 Å². The van der Waals surface area contributed by atoms with E-state index >= 15 is 0 Å². The van der Waals surface area contributed by atoms with Crippen LogP contribution in [0.4, 0.5) is 0 Å². The molecule has 1 N–H and O–H groups in total. The van der Waals surface area contributed by atoms with Gasteiger partial charge < -0.3 is 0 Å². The fraction of sp³-hybridized carbons (Fsp3) is 0.250. The maximum atomic E-state index is 12.9. The number of benzene rings is 2. The van der Waals surface area contributed by atoms with E-state index < -0.39 is 0 Å². The fourth-order valence-electron chi connectivity index (χ4n) is 4.25. The number of H-pyrrole nitrogens is 1. The molecule has 9 nitrogen and oxygen atoms in total. The number of nitrogens with zero attached hydrogens (tertiary/aromatic N) is 7. The number of rotatable bonds is 11. The van der Waals surface area contributed by atoms with Crippen LogP contribution >= 0.6 is 0 Å². The third kappa shape index (κ3) is 5.83. The molecule has 0 unspecified atom stereocenters. The second-order valence-corrected chi connectivity index (χ2v) is 8.90. The summed E-state index contributed by atoms with van der Waals surface area (Å²) in [5.74, 6) is 1.54. The van der Waals surface area contributed by atoms with Crippen molar-refractivity contribution in [3.05, 3.63) is 95.8 Å². The number of aromatic nitrogens is 8. The van der Waals surface area contributed by atoms with Gasteiger partial charge in [-0.1, -0.05) is 74.4 Å². The molecule has 2 aromatic carbocycles. The number of nitrogens with one attached hydrogen (secondary N) is 1. The van der Waals surface area contributed by atoms with Gasteiger partial charge in [0.05, 0.1) is 0 Å². The molecule has 0 atom stereocenters. The lowest BCUT2D eigenvalue weighted by Gasteiger charge is -2.08. The first-order chi connectivity index (χ1) is 18.2. The van der Waals surface area contributed by atoms with E-state index in [-0.39, 0.29) is 11.6 Å². The van der Waals surface area contributed by atoms with Crippen molar-refractivity contribution in [1.29, 1.82) is 0 Å².